The van der Waals surface area contributed by atoms with E-state index in [-0.39, 0.29) is 0 Å². The molecule has 2 rings (SSSR count). The zero-order valence-corrected chi connectivity index (χ0v) is 11.0. The highest BCUT2D eigenvalue weighted by Gasteiger charge is 1.99. The molecule has 0 spiro atoms. The van der Waals surface area contributed by atoms with Crippen molar-refractivity contribution in [3.63, 3.8) is 0 Å². The van der Waals surface area contributed by atoms with Crippen molar-refractivity contribution in [1.29, 1.82) is 0 Å². The van der Waals surface area contributed by atoms with Gasteiger partial charge in [-0.3, -0.25) is 0 Å². The van der Waals surface area contributed by atoms with Crippen LogP contribution in [-0.2, 0) is 17.6 Å². The number of nitrogen functional groups attached to an aromatic ring is 2. The van der Waals surface area contributed by atoms with Gasteiger partial charge in [-0.25, -0.2) is 0 Å². The standard InChI is InChI=1S/C16H20N2O/c17-15-7-3-1-5-13(15)9-11-19-12-10-14-6-2-4-8-16(14)18/h1-8H,9-12,17-18H2. The molecule has 19 heavy (non-hydrogen) atoms. The maximum absolute atomic E-state index is 5.87. The summed E-state index contributed by atoms with van der Waals surface area (Å²) in [7, 11) is 0. The van der Waals surface area contributed by atoms with E-state index in [9.17, 15) is 0 Å². The second-order valence-electron chi connectivity index (χ2n) is 4.51. The average molecular weight is 256 g/mol. The summed E-state index contributed by atoms with van der Waals surface area (Å²) in [6.45, 7) is 1.36. The van der Waals surface area contributed by atoms with Crippen LogP contribution in [0.2, 0.25) is 0 Å². The highest BCUT2D eigenvalue weighted by molar-refractivity contribution is 5.47. The molecule has 4 N–H and O–H groups in total. The van der Waals surface area contributed by atoms with Gasteiger partial charge in [0.25, 0.3) is 0 Å². The minimum Gasteiger partial charge on any atom is -0.399 e. The second kappa shape index (κ2) is 6.81. The molecule has 0 aromatic heterocycles. The van der Waals surface area contributed by atoms with Gasteiger partial charge in [-0.05, 0) is 36.1 Å². The number of hydrogen-bond donors (Lipinski definition) is 2. The maximum Gasteiger partial charge on any atom is 0.0507 e. The first kappa shape index (κ1) is 13.4. The van der Waals surface area contributed by atoms with Crippen LogP contribution < -0.4 is 11.5 Å². The molecule has 0 amide bonds. The summed E-state index contributed by atoms with van der Waals surface area (Å²) in [4.78, 5) is 0. The zero-order valence-electron chi connectivity index (χ0n) is 11.0. The SMILES string of the molecule is Nc1ccccc1CCOCCc1ccccc1N. The van der Waals surface area contributed by atoms with Crippen LogP contribution in [0.5, 0.6) is 0 Å². The van der Waals surface area contributed by atoms with Crippen LogP contribution >= 0.6 is 0 Å². The average Bonchev–Trinajstić information content (AvgIpc) is 2.42. The quantitative estimate of drug-likeness (QED) is 0.617. The molecule has 3 nitrogen and oxygen atoms in total. The highest BCUT2D eigenvalue weighted by Crippen LogP contribution is 2.12. The minimum atomic E-state index is 0.681. The summed E-state index contributed by atoms with van der Waals surface area (Å²) in [5, 5.41) is 0. The summed E-state index contributed by atoms with van der Waals surface area (Å²) in [5.74, 6) is 0. The second-order valence-corrected chi connectivity index (χ2v) is 4.51. The predicted molar refractivity (Wildman–Crippen MR) is 79.9 cm³/mol. The fraction of sp³-hybridized carbons (Fsp3) is 0.250. The molecule has 0 saturated heterocycles. The molecule has 0 atom stereocenters. The summed E-state index contributed by atoms with van der Waals surface area (Å²) in [6, 6.07) is 15.8. The Morgan fingerprint density at radius 2 is 1.11 bits per heavy atom. The van der Waals surface area contributed by atoms with E-state index in [4.69, 9.17) is 16.2 Å². The predicted octanol–water partition coefficient (Wildman–Crippen LogP) is 2.65. The molecule has 3 heteroatoms. The van der Waals surface area contributed by atoms with Crippen LogP contribution in [-0.4, -0.2) is 13.2 Å². The Hall–Kier alpha value is -2.00. The largest absolute Gasteiger partial charge is 0.399 e. The van der Waals surface area contributed by atoms with Crippen molar-refractivity contribution in [2.24, 2.45) is 0 Å². The number of para-hydroxylation sites is 2. The van der Waals surface area contributed by atoms with E-state index in [0.29, 0.717) is 13.2 Å². The molecular formula is C16H20N2O. The first-order chi connectivity index (χ1) is 9.27. The Kier molecular flexibility index (Phi) is 4.81. The minimum absolute atomic E-state index is 0.681. The number of nitrogens with two attached hydrogens (primary N) is 2. The van der Waals surface area contributed by atoms with Crippen molar-refractivity contribution in [2.75, 3.05) is 24.7 Å². The number of hydrogen-bond acceptors (Lipinski definition) is 3. The van der Waals surface area contributed by atoms with Crippen molar-refractivity contribution in [2.45, 2.75) is 12.8 Å². The van der Waals surface area contributed by atoms with E-state index in [1.54, 1.807) is 0 Å². The van der Waals surface area contributed by atoms with Gasteiger partial charge in [0, 0.05) is 11.4 Å². The number of benzene rings is 2. The van der Waals surface area contributed by atoms with Gasteiger partial charge in [-0.15, -0.1) is 0 Å². The summed E-state index contributed by atoms with van der Waals surface area (Å²) >= 11 is 0. The van der Waals surface area contributed by atoms with Crippen molar-refractivity contribution in [3.8, 4) is 0 Å². The van der Waals surface area contributed by atoms with Crippen LogP contribution in [0.15, 0.2) is 48.5 Å². The Morgan fingerprint density at radius 3 is 1.53 bits per heavy atom. The van der Waals surface area contributed by atoms with E-state index in [2.05, 4.69) is 0 Å². The Bertz CT molecular complexity index is 478. The van der Waals surface area contributed by atoms with Crippen LogP contribution in [0.3, 0.4) is 0 Å². The Balaban J connectivity index is 1.71. The molecule has 0 aliphatic heterocycles. The first-order valence-corrected chi connectivity index (χ1v) is 6.52. The van der Waals surface area contributed by atoms with Crippen molar-refractivity contribution >= 4 is 11.4 Å². The maximum atomic E-state index is 5.87. The fourth-order valence-electron chi connectivity index (χ4n) is 1.99. The van der Waals surface area contributed by atoms with Gasteiger partial charge in [0.15, 0.2) is 0 Å². The first-order valence-electron chi connectivity index (χ1n) is 6.52. The molecular weight excluding hydrogens is 236 g/mol. The fourth-order valence-corrected chi connectivity index (χ4v) is 1.99. The Labute approximate surface area is 114 Å². The lowest BCUT2D eigenvalue weighted by molar-refractivity contribution is 0.140. The van der Waals surface area contributed by atoms with Crippen molar-refractivity contribution in [3.05, 3.63) is 59.7 Å². The smallest absolute Gasteiger partial charge is 0.0507 e. The van der Waals surface area contributed by atoms with E-state index in [1.165, 1.54) is 0 Å². The lowest BCUT2D eigenvalue weighted by Gasteiger charge is -2.08. The molecule has 0 heterocycles. The van der Waals surface area contributed by atoms with Gasteiger partial charge in [0.2, 0.25) is 0 Å². The third-order valence-corrected chi connectivity index (χ3v) is 3.14. The monoisotopic (exact) mass is 256 g/mol. The molecule has 0 aliphatic carbocycles. The van der Waals surface area contributed by atoms with E-state index < -0.39 is 0 Å². The molecule has 0 saturated carbocycles. The van der Waals surface area contributed by atoms with Gasteiger partial charge >= 0.3 is 0 Å². The van der Waals surface area contributed by atoms with Crippen molar-refractivity contribution < 1.29 is 4.74 Å². The van der Waals surface area contributed by atoms with Gasteiger partial charge in [0.1, 0.15) is 0 Å². The van der Waals surface area contributed by atoms with Crippen LogP contribution in [0.1, 0.15) is 11.1 Å². The van der Waals surface area contributed by atoms with Gasteiger partial charge in [-0.2, -0.15) is 0 Å². The third-order valence-electron chi connectivity index (χ3n) is 3.14. The highest BCUT2D eigenvalue weighted by atomic mass is 16.5. The summed E-state index contributed by atoms with van der Waals surface area (Å²) in [5.41, 5.74) is 15.7. The van der Waals surface area contributed by atoms with Crippen LogP contribution in [0.4, 0.5) is 11.4 Å². The van der Waals surface area contributed by atoms with E-state index >= 15 is 0 Å². The number of ether oxygens (including phenoxy) is 1. The van der Waals surface area contributed by atoms with Gasteiger partial charge < -0.3 is 16.2 Å². The van der Waals surface area contributed by atoms with E-state index in [0.717, 1.165) is 35.3 Å². The number of rotatable bonds is 6. The molecule has 0 unspecified atom stereocenters. The number of anilines is 2. The normalized spacial score (nSPS) is 10.5. The topological polar surface area (TPSA) is 61.3 Å². The zero-order chi connectivity index (χ0) is 13.5. The molecule has 2 aromatic carbocycles. The molecule has 100 valence electrons. The van der Waals surface area contributed by atoms with Crippen molar-refractivity contribution in [1.82, 2.24) is 0 Å². The molecule has 0 aliphatic rings. The van der Waals surface area contributed by atoms with Crippen LogP contribution in [0.25, 0.3) is 0 Å². The molecule has 2 aromatic rings. The lowest BCUT2D eigenvalue weighted by Crippen LogP contribution is -2.05. The van der Waals surface area contributed by atoms with Gasteiger partial charge in [0.05, 0.1) is 13.2 Å². The van der Waals surface area contributed by atoms with Gasteiger partial charge in [-0.1, -0.05) is 36.4 Å². The molecule has 0 bridgehead atoms. The Morgan fingerprint density at radius 1 is 0.684 bits per heavy atom. The van der Waals surface area contributed by atoms with E-state index in [1.807, 2.05) is 48.5 Å². The molecule has 0 fully saturated rings. The summed E-state index contributed by atoms with van der Waals surface area (Å²) in [6.07, 6.45) is 1.69. The van der Waals surface area contributed by atoms with Crippen LogP contribution in [0, 0.1) is 0 Å². The third kappa shape index (κ3) is 4.00. The summed E-state index contributed by atoms with van der Waals surface area (Å²) < 4.78 is 5.64. The lowest BCUT2D eigenvalue weighted by atomic mass is 10.1. The molecule has 0 radical (unpaired) electrons.